The van der Waals surface area contributed by atoms with Crippen molar-refractivity contribution >= 4 is 0 Å². The zero-order valence-corrected chi connectivity index (χ0v) is 16.4. The summed E-state index contributed by atoms with van der Waals surface area (Å²) < 4.78 is 0. The van der Waals surface area contributed by atoms with E-state index in [1.165, 1.54) is 18.4 Å². The summed E-state index contributed by atoms with van der Waals surface area (Å²) in [6.45, 7) is 4.43. The van der Waals surface area contributed by atoms with E-state index in [0.717, 1.165) is 25.7 Å². The maximum Gasteiger partial charge on any atom is 0.0631 e. The molecule has 144 valence electrons. The number of hydrogen-bond acceptors (Lipinski definition) is 2. The molecule has 1 aliphatic rings. The molecule has 0 saturated heterocycles. The van der Waals surface area contributed by atoms with Crippen LogP contribution in [0, 0.1) is 17.8 Å². The highest BCUT2D eigenvalue weighted by molar-refractivity contribution is 5.15. The highest BCUT2D eigenvalue weighted by atomic mass is 16.3. The molecule has 0 aromatic heterocycles. The van der Waals surface area contributed by atoms with Gasteiger partial charge in [0, 0.05) is 12.3 Å². The Balaban J connectivity index is 1.85. The number of allylic oxidation sites excluding steroid dienone is 3. The number of aryl methyl sites for hydroxylation is 1. The SMILES string of the molecule is CCCC/C=C\C[C@@H]1[C@@H](/C=C/[C@@H](C)CCc2ccccc2)[C@H](O)C[C@@H]1O. The molecule has 0 heterocycles. The van der Waals surface area contributed by atoms with E-state index in [1.54, 1.807) is 0 Å². The maximum absolute atomic E-state index is 10.4. The standard InChI is InChI=1S/C24H36O2/c1-3-4-5-6-10-13-21-22(24(26)18-23(21)25)17-15-19(2)14-16-20-11-8-7-9-12-20/h6-12,15,17,19,21-26H,3-5,13-14,16,18H2,1-2H3/b10-6-,17-15+/t19-,21+,22+,23-,24+/m0/s1. The van der Waals surface area contributed by atoms with Crippen molar-refractivity contribution < 1.29 is 10.2 Å². The number of hydrogen-bond donors (Lipinski definition) is 2. The van der Waals surface area contributed by atoms with E-state index in [0.29, 0.717) is 12.3 Å². The lowest BCUT2D eigenvalue weighted by atomic mass is 9.88. The van der Waals surface area contributed by atoms with Gasteiger partial charge in [-0.05, 0) is 43.1 Å². The van der Waals surface area contributed by atoms with Crippen LogP contribution in [-0.2, 0) is 6.42 Å². The van der Waals surface area contributed by atoms with Crippen LogP contribution in [0.1, 0.15) is 57.9 Å². The molecule has 26 heavy (non-hydrogen) atoms. The summed E-state index contributed by atoms with van der Waals surface area (Å²) in [5.74, 6) is 0.682. The molecule has 0 aliphatic heterocycles. The summed E-state index contributed by atoms with van der Waals surface area (Å²) in [5, 5.41) is 20.7. The van der Waals surface area contributed by atoms with Crippen LogP contribution in [0.4, 0.5) is 0 Å². The van der Waals surface area contributed by atoms with Gasteiger partial charge in [-0.2, -0.15) is 0 Å². The maximum atomic E-state index is 10.4. The van der Waals surface area contributed by atoms with Gasteiger partial charge in [-0.1, -0.05) is 81.3 Å². The van der Waals surface area contributed by atoms with Gasteiger partial charge in [-0.15, -0.1) is 0 Å². The second kappa shape index (κ2) is 11.4. The zero-order chi connectivity index (χ0) is 18.8. The van der Waals surface area contributed by atoms with Gasteiger partial charge in [0.15, 0.2) is 0 Å². The topological polar surface area (TPSA) is 40.5 Å². The molecule has 0 unspecified atom stereocenters. The van der Waals surface area contributed by atoms with Gasteiger partial charge in [-0.25, -0.2) is 0 Å². The number of benzene rings is 1. The Bertz CT molecular complexity index is 549. The van der Waals surface area contributed by atoms with E-state index >= 15 is 0 Å². The lowest BCUT2D eigenvalue weighted by molar-refractivity contribution is 0.120. The molecule has 2 nitrogen and oxygen atoms in total. The first-order chi connectivity index (χ1) is 12.6. The number of aliphatic hydroxyl groups is 2. The van der Waals surface area contributed by atoms with Crippen LogP contribution in [0.2, 0.25) is 0 Å². The van der Waals surface area contributed by atoms with Crippen molar-refractivity contribution in [1.29, 1.82) is 0 Å². The Morgan fingerprint density at radius 1 is 1.12 bits per heavy atom. The van der Waals surface area contributed by atoms with E-state index in [-0.39, 0.29) is 11.8 Å². The average molecular weight is 357 g/mol. The Morgan fingerprint density at radius 3 is 2.62 bits per heavy atom. The van der Waals surface area contributed by atoms with Crippen molar-refractivity contribution in [2.24, 2.45) is 17.8 Å². The van der Waals surface area contributed by atoms with Crippen LogP contribution in [0.5, 0.6) is 0 Å². The summed E-state index contributed by atoms with van der Waals surface area (Å²) in [5.41, 5.74) is 1.37. The van der Waals surface area contributed by atoms with Gasteiger partial charge in [-0.3, -0.25) is 0 Å². The van der Waals surface area contributed by atoms with Crippen LogP contribution in [-0.4, -0.2) is 22.4 Å². The lowest BCUT2D eigenvalue weighted by Gasteiger charge is -2.20. The van der Waals surface area contributed by atoms with Crippen molar-refractivity contribution in [1.82, 2.24) is 0 Å². The average Bonchev–Trinajstić information content (AvgIpc) is 2.91. The molecule has 0 radical (unpaired) electrons. The molecule has 1 aromatic rings. The van der Waals surface area contributed by atoms with E-state index in [2.05, 4.69) is 68.5 Å². The van der Waals surface area contributed by atoms with Crippen LogP contribution in [0.15, 0.2) is 54.6 Å². The van der Waals surface area contributed by atoms with Crippen molar-refractivity contribution in [3.63, 3.8) is 0 Å². The van der Waals surface area contributed by atoms with Crippen molar-refractivity contribution in [2.75, 3.05) is 0 Å². The summed E-state index contributed by atoms with van der Waals surface area (Å²) in [7, 11) is 0. The molecule has 5 atom stereocenters. The fraction of sp³-hybridized carbons (Fsp3) is 0.583. The second-order valence-electron chi connectivity index (χ2n) is 7.85. The normalized spacial score (nSPS) is 27.5. The highest BCUT2D eigenvalue weighted by Gasteiger charge is 2.39. The van der Waals surface area contributed by atoms with E-state index in [9.17, 15) is 10.2 Å². The minimum Gasteiger partial charge on any atom is -0.393 e. The van der Waals surface area contributed by atoms with E-state index in [1.807, 2.05) is 0 Å². The minimum absolute atomic E-state index is 0.0694. The molecule has 1 fully saturated rings. The largest absolute Gasteiger partial charge is 0.393 e. The lowest BCUT2D eigenvalue weighted by Crippen LogP contribution is -2.20. The van der Waals surface area contributed by atoms with Crippen LogP contribution in [0.3, 0.4) is 0 Å². The summed E-state index contributed by atoms with van der Waals surface area (Å²) in [4.78, 5) is 0. The van der Waals surface area contributed by atoms with E-state index < -0.39 is 12.2 Å². The fourth-order valence-corrected chi connectivity index (χ4v) is 3.85. The first kappa shape index (κ1) is 20.9. The summed E-state index contributed by atoms with van der Waals surface area (Å²) in [6.07, 6.45) is 15.1. The van der Waals surface area contributed by atoms with Crippen molar-refractivity contribution in [3.8, 4) is 0 Å². The third kappa shape index (κ3) is 6.74. The van der Waals surface area contributed by atoms with Crippen molar-refractivity contribution in [2.45, 2.75) is 71.0 Å². The zero-order valence-electron chi connectivity index (χ0n) is 16.4. The molecule has 1 aromatic carbocycles. The Hall–Kier alpha value is -1.38. The third-order valence-corrected chi connectivity index (χ3v) is 5.61. The first-order valence-electron chi connectivity index (χ1n) is 10.3. The smallest absolute Gasteiger partial charge is 0.0631 e. The predicted molar refractivity (Wildman–Crippen MR) is 110 cm³/mol. The van der Waals surface area contributed by atoms with Gasteiger partial charge >= 0.3 is 0 Å². The van der Waals surface area contributed by atoms with Gasteiger partial charge < -0.3 is 10.2 Å². The second-order valence-corrected chi connectivity index (χ2v) is 7.85. The third-order valence-electron chi connectivity index (χ3n) is 5.61. The van der Waals surface area contributed by atoms with Crippen LogP contribution in [0.25, 0.3) is 0 Å². The number of unbranched alkanes of at least 4 members (excludes halogenated alkanes) is 2. The fourth-order valence-electron chi connectivity index (χ4n) is 3.85. The van der Waals surface area contributed by atoms with E-state index in [4.69, 9.17) is 0 Å². The van der Waals surface area contributed by atoms with Gasteiger partial charge in [0.1, 0.15) is 0 Å². The highest BCUT2D eigenvalue weighted by Crippen LogP contribution is 2.36. The van der Waals surface area contributed by atoms with Gasteiger partial charge in [0.05, 0.1) is 12.2 Å². The molecule has 1 saturated carbocycles. The molecule has 2 heteroatoms. The summed E-state index contributed by atoms with van der Waals surface area (Å²) in [6, 6.07) is 10.6. The molecule has 2 N–H and O–H groups in total. The number of rotatable bonds is 10. The van der Waals surface area contributed by atoms with Crippen molar-refractivity contribution in [3.05, 3.63) is 60.2 Å². The molecule has 1 aliphatic carbocycles. The first-order valence-corrected chi connectivity index (χ1v) is 10.3. The molecule has 0 amide bonds. The van der Waals surface area contributed by atoms with Gasteiger partial charge in [0.25, 0.3) is 0 Å². The quantitative estimate of drug-likeness (QED) is 0.441. The molecular weight excluding hydrogens is 320 g/mol. The van der Waals surface area contributed by atoms with Crippen LogP contribution >= 0.6 is 0 Å². The molecule has 0 bridgehead atoms. The Morgan fingerprint density at radius 2 is 1.88 bits per heavy atom. The molecule has 2 rings (SSSR count). The summed E-state index contributed by atoms with van der Waals surface area (Å²) >= 11 is 0. The minimum atomic E-state index is -0.420. The van der Waals surface area contributed by atoms with Gasteiger partial charge in [0.2, 0.25) is 0 Å². The number of aliphatic hydroxyl groups excluding tert-OH is 2. The predicted octanol–water partition coefficient (Wildman–Crippen LogP) is 5.31. The Kier molecular flexibility index (Phi) is 9.14. The monoisotopic (exact) mass is 356 g/mol. The van der Waals surface area contributed by atoms with Crippen LogP contribution < -0.4 is 0 Å². The Labute approximate surface area is 159 Å². The molecule has 0 spiro atoms. The molecular formula is C24H36O2.